The number of rotatable bonds is 2. The van der Waals surface area contributed by atoms with Gasteiger partial charge in [0.05, 0.1) is 25.9 Å². The summed E-state index contributed by atoms with van der Waals surface area (Å²) in [4.78, 5) is 0. The SMILES string of the molecule is NC(c1cccc(F)c1F)C1COCCO1. The van der Waals surface area contributed by atoms with Crippen LogP contribution in [0.2, 0.25) is 0 Å². The minimum atomic E-state index is -0.913. The molecule has 0 aliphatic carbocycles. The Bertz CT molecular complexity index is 367. The van der Waals surface area contributed by atoms with E-state index in [0.29, 0.717) is 19.8 Å². The van der Waals surface area contributed by atoms with Crippen molar-refractivity contribution < 1.29 is 18.3 Å². The second-order valence-electron chi connectivity index (χ2n) is 3.65. The maximum atomic E-state index is 13.5. The zero-order chi connectivity index (χ0) is 11.5. The first-order chi connectivity index (χ1) is 7.70. The first kappa shape index (κ1) is 11.4. The van der Waals surface area contributed by atoms with E-state index in [0.717, 1.165) is 6.07 Å². The smallest absolute Gasteiger partial charge is 0.163 e. The molecule has 1 aromatic carbocycles. The molecule has 2 unspecified atom stereocenters. The number of ether oxygens (including phenoxy) is 2. The fourth-order valence-electron chi connectivity index (χ4n) is 1.69. The second kappa shape index (κ2) is 4.86. The van der Waals surface area contributed by atoms with E-state index in [9.17, 15) is 8.78 Å². The van der Waals surface area contributed by atoms with Gasteiger partial charge in [-0.3, -0.25) is 0 Å². The maximum absolute atomic E-state index is 13.5. The van der Waals surface area contributed by atoms with Crippen LogP contribution in [0.4, 0.5) is 8.78 Å². The van der Waals surface area contributed by atoms with E-state index in [4.69, 9.17) is 15.2 Å². The highest BCUT2D eigenvalue weighted by atomic mass is 19.2. The van der Waals surface area contributed by atoms with E-state index >= 15 is 0 Å². The Morgan fingerprint density at radius 1 is 1.31 bits per heavy atom. The van der Waals surface area contributed by atoms with Crippen molar-refractivity contribution >= 4 is 0 Å². The third-order valence-electron chi connectivity index (χ3n) is 2.58. The number of nitrogens with two attached hydrogens (primary N) is 1. The number of benzene rings is 1. The lowest BCUT2D eigenvalue weighted by Gasteiger charge is -2.28. The summed E-state index contributed by atoms with van der Waals surface area (Å²) in [6.07, 6.45) is -0.426. The van der Waals surface area contributed by atoms with Crippen molar-refractivity contribution in [2.24, 2.45) is 5.73 Å². The molecule has 0 spiro atoms. The van der Waals surface area contributed by atoms with Gasteiger partial charge in [0.15, 0.2) is 11.6 Å². The molecule has 1 aliphatic heterocycles. The molecule has 1 fully saturated rings. The van der Waals surface area contributed by atoms with Crippen LogP contribution in [0.1, 0.15) is 11.6 Å². The van der Waals surface area contributed by atoms with E-state index in [-0.39, 0.29) is 5.56 Å². The van der Waals surface area contributed by atoms with Gasteiger partial charge in [0.25, 0.3) is 0 Å². The Morgan fingerprint density at radius 2 is 2.12 bits per heavy atom. The molecule has 2 rings (SSSR count). The fraction of sp³-hybridized carbons (Fsp3) is 0.455. The van der Waals surface area contributed by atoms with Crippen LogP contribution in [-0.2, 0) is 9.47 Å². The first-order valence-electron chi connectivity index (χ1n) is 5.09. The van der Waals surface area contributed by atoms with Crippen molar-refractivity contribution in [3.63, 3.8) is 0 Å². The lowest BCUT2D eigenvalue weighted by atomic mass is 10.0. The predicted molar refractivity (Wildman–Crippen MR) is 53.8 cm³/mol. The van der Waals surface area contributed by atoms with Gasteiger partial charge in [-0.05, 0) is 6.07 Å². The van der Waals surface area contributed by atoms with Crippen LogP contribution in [0.15, 0.2) is 18.2 Å². The van der Waals surface area contributed by atoms with Crippen molar-refractivity contribution in [2.75, 3.05) is 19.8 Å². The minimum absolute atomic E-state index is 0.121. The number of hydrogen-bond acceptors (Lipinski definition) is 3. The molecule has 2 N–H and O–H groups in total. The van der Waals surface area contributed by atoms with Gasteiger partial charge in [0.2, 0.25) is 0 Å². The first-order valence-corrected chi connectivity index (χ1v) is 5.09. The van der Waals surface area contributed by atoms with Crippen LogP contribution in [0, 0.1) is 11.6 Å². The number of halogens is 2. The summed E-state index contributed by atoms with van der Waals surface area (Å²) < 4.78 is 37.0. The molecule has 2 atom stereocenters. The molecule has 5 heteroatoms. The van der Waals surface area contributed by atoms with Gasteiger partial charge in [0, 0.05) is 5.56 Å². The molecular formula is C11H13F2NO2. The summed E-state index contributed by atoms with van der Waals surface area (Å²) in [6.45, 7) is 1.24. The lowest BCUT2D eigenvalue weighted by Crippen LogP contribution is -2.38. The van der Waals surface area contributed by atoms with Crippen molar-refractivity contribution in [2.45, 2.75) is 12.1 Å². The lowest BCUT2D eigenvalue weighted by molar-refractivity contribution is -0.0979. The summed E-state index contributed by atoms with van der Waals surface area (Å²) >= 11 is 0. The highest BCUT2D eigenvalue weighted by molar-refractivity contribution is 5.23. The molecule has 0 amide bonds. The molecule has 1 aliphatic rings. The average Bonchev–Trinajstić information content (AvgIpc) is 2.33. The Morgan fingerprint density at radius 3 is 2.81 bits per heavy atom. The van der Waals surface area contributed by atoms with Gasteiger partial charge in [-0.15, -0.1) is 0 Å². The van der Waals surface area contributed by atoms with Gasteiger partial charge in [-0.25, -0.2) is 8.78 Å². The Hall–Kier alpha value is -1.04. The predicted octanol–water partition coefficient (Wildman–Crippen LogP) is 1.38. The zero-order valence-corrected chi connectivity index (χ0v) is 8.66. The molecule has 3 nitrogen and oxygen atoms in total. The highest BCUT2D eigenvalue weighted by Crippen LogP contribution is 2.23. The Balaban J connectivity index is 2.19. The maximum Gasteiger partial charge on any atom is 0.163 e. The van der Waals surface area contributed by atoms with Crippen molar-refractivity contribution in [3.8, 4) is 0 Å². The molecule has 1 aromatic rings. The van der Waals surface area contributed by atoms with Gasteiger partial charge >= 0.3 is 0 Å². The molecule has 1 saturated heterocycles. The molecule has 0 aromatic heterocycles. The normalized spacial score (nSPS) is 23.1. The van der Waals surface area contributed by atoms with E-state index in [1.165, 1.54) is 12.1 Å². The van der Waals surface area contributed by atoms with E-state index in [2.05, 4.69) is 0 Å². The average molecular weight is 229 g/mol. The third-order valence-corrected chi connectivity index (χ3v) is 2.58. The van der Waals surface area contributed by atoms with Crippen LogP contribution in [0.5, 0.6) is 0 Å². The van der Waals surface area contributed by atoms with Crippen LogP contribution in [0.25, 0.3) is 0 Å². The number of hydrogen-bond donors (Lipinski definition) is 1. The van der Waals surface area contributed by atoms with Gasteiger partial charge in [-0.2, -0.15) is 0 Å². The molecule has 16 heavy (non-hydrogen) atoms. The zero-order valence-electron chi connectivity index (χ0n) is 8.66. The van der Waals surface area contributed by atoms with Crippen LogP contribution >= 0.6 is 0 Å². The molecule has 1 heterocycles. The second-order valence-corrected chi connectivity index (χ2v) is 3.65. The Kier molecular flexibility index (Phi) is 3.48. The molecule has 88 valence electrons. The van der Waals surface area contributed by atoms with Crippen LogP contribution < -0.4 is 5.73 Å². The van der Waals surface area contributed by atoms with E-state index in [1.54, 1.807) is 0 Å². The fourth-order valence-corrected chi connectivity index (χ4v) is 1.69. The molecule has 0 radical (unpaired) electrons. The summed E-state index contributed by atoms with van der Waals surface area (Å²) in [7, 11) is 0. The largest absolute Gasteiger partial charge is 0.376 e. The summed E-state index contributed by atoms with van der Waals surface area (Å²) in [5.41, 5.74) is 5.95. The topological polar surface area (TPSA) is 44.5 Å². The quantitative estimate of drug-likeness (QED) is 0.833. The van der Waals surface area contributed by atoms with Gasteiger partial charge in [-0.1, -0.05) is 12.1 Å². The van der Waals surface area contributed by atoms with Gasteiger partial charge < -0.3 is 15.2 Å². The van der Waals surface area contributed by atoms with Crippen LogP contribution in [-0.4, -0.2) is 25.9 Å². The molecule has 0 saturated carbocycles. The van der Waals surface area contributed by atoms with E-state index in [1.807, 2.05) is 0 Å². The minimum Gasteiger partial charge on any atom is -0.376 e. The van der Waals surface area contributed by atoms with Gasteiger partial charge in [0.1, 0.15) is 6.10 Å². The third kappa shape index (κ3) is 2.21. The van der Waals surface area contributed by atoms with Crippen LogP contribution in [0.3, 0.4) is 0 Å². The monoisotopic (exact) mass is 229 g/mol. The summed E-state index contributed by atoms with van der Waals surface area (Å²) in [5, 5.41) is 0. The summed E-state index contributed by atoms with van der Waals surface area (Å²) in [6, 6.07) is 3.23. The van der Waals surface area contributed by atoms with Crippen molar-refractivity contribution in [1.82, 2.24) is 0 Å². The van der Waals surface area contributed by atoms with E-state index < -0.39 is 23.8 Å². The van der Waals surface area contributed by atoms with Crippen molar-refractivity contribution in [3.05, 3.63) is 35.4 Å². The standard InChI is InChI=1S/C11H13F2NO2/c12-8-3-1-2-7(10(8)13)11(14)9-6-15-4-5-16-9/h1-3,9,11H,4-6,14H2. The molecular weight excluding hydrogens is 216 g/mol. The summed E-state index contributed by atoms with van der Waals surface area (Å²) in [5.74, 6) is -1.81. The highest BCUT2D eigenvalue weighted by Gasteiger charge is 2.26. The van der Waals surface area contributed by atoms with Crippen molar-refractivity contribution in [1.29, 1.82) is 0 Å². The Labute approximate surface area is 92.1 Å². The molecule has 0 bridgehead atoms.